The molecule has 2 aromatic carbocycles. The summed E-state index contributed by atoms with van der Waals surface area (Å²) in [4.78, 5) is 20.3. The van der Waals surface area contributed by atoms with Gasteiger partial charge in [-0.05, 0) is 62.8 Å². The molecule has 1 heterocycles. The van der Waals surface area contributed by atoms with Gasteiger partial charge in [0, 0.05) is 43.9 Å². The van der Waals surface area contributed by atoms with E-state index in [1.807, 2.05) is 61.2 Å². The molecule has 0 bridgehead atoms. The summed E-state index contributed by atoms with van der Waals surface area (Å²) >= 11 is 0. The second-order valence-electron chi connectivity index (χ2n) is 8.03. The Morgan fingerprint density at radius 2 is 1.84 bits per heavy atom. The van der Waals surface area contributed by atoms with Crippen LogP contribution >= 0.6 is 24.0 Å². The van der Waals surface area contributed by atoms with Gasteiger partial charge in [-0.2, -0.15) is 0 Å². The third kappa shape index (κ3) is 7.44. The number of carbonyl (C=O) groups excluding carboxylic acids is 1. The lowest BCUT2D eigenvalue weighted by Crippen LogP contribution is -2.36. The van der Waals surface area contributed by atoms with Crippen molar-refractivity contribution in [1.82, 2.24) is 15.5 Å². The minimum Gasteiger partial charge on any atom is -0.357 e. The normalized spacial score (nSPS) is 14.0. The molecule has 1 saturated heterocycles. The van der Waals surface area contributed by atoms with Crippen molar-refractivity contribution in [1.29, 1.82) is 0 Å². The molecule has 174 valence electrons. The fourth-order valence-electron chi connectivity index (χ4n) is 3.60. The molecule has 0 saturated carbocycles. The van der Waals surface area contributed by atoms with Crippen LogP contribution in [0.2, 0.25) is 0 Å². The van der Waals surface area contributed by atoms with Gasteiger partial charge in [-0.1, -0.05) is 18.2 Å². The Labute approximate surface area is 207 Å². The highest BCUT2D eigenvalue weighted by atomic mass is 127. The first-order valence-electron chi connectivity index (χ1n) is 10.8. The van der Waals surface area contributed by atoms with Crippen molar-refractivity contribution in [3.05, 3.63) is 65.0 Å². The van der Waals surface area contributed by atoms with E-state index in [4.69, 9.17) is 0 Å². The van der Waals surface area contributed by atoms with E-state index in [0.717, 1.165) is 36.3 Å². The van der Waals surface area contributed by atoms with Crippen molar-refractivity contribution >= 4 is 41.5 Å². The van der Waals surface area contributed by atoms with Crippen LogP contribution in [-0.2, 0) is 24.4 Å². The van der Waals surface area contributed by atoms with Gasteiger partial charge in [0.2, 0.25) is 5.91 Å². The van der Waals surface area contributed by atoms with E-state index in [-0.39, 0.29) is 35.7 Å². The summed E-state index contributed by atoms with van der Waals surface area (Å²) in [5.74, 6) is 0.715. The van der Waals surface area contributed by atoms with Crippen molar-refractivity contribution in [3.63, 3.8) is 0 Å². The van der Waals surface area contributed by atoms with Gasteiger partial charge in [-0.3, -0.25) is 4.79 Å². The van der Waals surface area contributed by atoms with Gasteiger partial charge in [0.25, 0.3) is 0 Å². The smallest absolute Gasteiger partial charge is 0.227 e. The van der Waals surface area contributed by atoms with E-state index in [1.54, 1.807) is 6.07 Å². The van der Waals surface area contributed by atoms with Crippen LogP contribution in [0.1, 0.15) is 36.5 Å². The summed E-state index contributed by atoms with van der Waals surface area (Å²) in [6, 6.07) is 13.2. The number of nitrogens with zero attached hydrogens (tertiary/aromatic N) is 3. The Kier molecular flexibility index (Phi) is 10.4. The summed E-state index contributed by atoms with van der Waals surface area (Å²) < 4.78 is 14.0. The molecule has 0 atom stereocenters. The van der Waals surface area contributed by atoms with Crippen molar-refractivity contribution in [2.45, 2.75) is 39.4 Å². The first-order chi connectivity index (χ1) is 15.0. The Hall–Kier alpha value is -2.20. The van der Waals surface area contributed by atoms with E-state index in [9.17, 15) is 9.18 Å². The molecule has 0 spiro atoms. The molecule has 1 fully saturated rings. The van der Waals surface area contributed by atoms with E-state index < -0.39 is 0 Å². The van der Waals surface area contributed by atoms with Crippen molar-refractivity contribution < 1.29 is 9.18 Å². The average molecular weight is 553 g/mol. The Balaban J connectivity index is 0.00000363. The first-order valence-corrected chi connectivity index (χ1v) is 10.8. The monoisotopic (exact) mass is 553 g/mol. The number of guanidine groups is 1. The number of carbonyl (C=O) groups is 1. The van der Waals surface area contributed by atoms with Crippen LogP contribution in [0.4, 0.5) is 10.1 Å². The Morgan fingerprint density at radius 3 is 2.47 bits per heavy atom. The summed E-state index contributed by atoms with van der Waals surface area (Å²) in [5, 5.41) is 6.59. The highest BCUT2D eigenvalue weighted by molar-refractivity contribution is 14.0. The zero-order valence-electron chi connectivity index (χ0n) is 19.0. The van der Waals surface area contributed by atoms with Crippen LogP contribution in [0.3, 0.4) is 0 Å². The van der Waals surface area contributed by atoms with Crippen molar-refractivity contribution in [2.75, 3.05) is 32.1 Å². The maximum absolute atomic E-state index is 14.0. The average Bonchev–Trinajstić information content (AvgIpc) is 3.18. The van der Waals surface area contributed by atoms with Gasteiger partial charge >= 0.3 is 0 Å². The number of hydrogen-bond acceptors (Lipinski definition) is 3. The SMILES string of the molecule is CCNC(=NCc1ccc(F)c(CN(C)C)c1)NCc1ccc(N2CCCC2=O)cc1.I. The number of benzene rings is 2. The number of aliphatic imine (C=N–C) groups is 1. The molecular formula is C24H33FIN5O. The summed E-state index contributed by atoms with van der Waals surface area (Å²) in [7, 11) is 3.85. The van der Waals surface area contributed by atoms with Crippen LogP contribution in [-0.4, -0.2) is 44.0 Å². The lowest BCUT2D eigenvalue weighted by molar-refractivity contribution is -0.117. The van der Waals surface area contributed by atoms with E-state index >= 15 is 0 Å². The third-order valence-corrected chi connectivity index (χ3v) is 5.14. The summed E-state index contributed by atoms with van der Waals surface area (Å²) in [6.07, 6.45) is 1.56. The van der Waals surface area contributed by atoms with Crippen LogP contribution in [0, 0.1) is 5.82 Å². The number of halogens is 2. The molecular weight excluding hydrogens is 520 g/mol. The molecule has 3 rings (SSSR count). The van der Waals surface area contributed by atoms with Crippen LogP contribution in [0.25, 0.3) is 0 Å². The van der Waals surface area contributed by atoms with E-state index in [2.05, 4.69) is 15.6 Å². The standard InChI is InChI=1S/C24H32FN5O.HI/c1-4-26-24(28-16-19-9-12-22(25)20(14-19)17-29(2)3)27-15-18-7-10-21(11-8-18)30-13-5-6-23(30)31;/h7-12,14H,4-6,13,15-17H2,1-3H3,(H2,26,27,28);1H. The van der Waals surface area contributed by atoms with Gasteiger partial charge in [-0.15, -0.1) is 24.0 Å². The Bertz CT molecular complexity index is 917. The van der Waals surface area contributed by atoms with Crippen LogP contribution < -0.4 is 15.5 Å². The lowest BCUT2D eigenvalue weighted by Gasteiger charge is -2.16. The fourth-order valence-corrected chi connectivity index (χ4v) is 3.60. The molecule has 6 nitrogen and oxygen atoms in total. The van der Waals surface area contributed by atoms with Gasteiger partial charge < -0.3 is 20.4 Å². The van der Waals surface area contributed by atoms with Crippen LogP contribution in [0.15, 0.2) is 47.5 Å². The maximum atomic E-state index is 14.0. The molecule has 8 heteroatoms. The molecule has 1 aliphatic heterocycles. The maximum Gasteiger partial charge on any atom is 0.227 e. The second kappa shape index (κ2) is 12.7. The van der Waals surface area contributed by atoms with Gasteiger partial charge in [0.05, 0.1) is 6.54 Å². The van der Waals surface area contributed by atoms with Gasteiger partial charge in [0.15, 0.2) is 5.96 Å². The van der Waals surface area contributed by atoms with E-state index in [1.165, 1.54) is 6.07 Å². The van der Waals surface area contributed by atoms with Crippen molar-refractivity contribution in [2.24, 2.45) is 4.99 Å². The molecule has 1 aliphatic rings. The number of rotatable bonds is 8. The van der Waals surface area contributed by atoms with E-state index in [0.29, 0.717) is 37.6 Å². The molecule has 2 aromatic rings. The highest BCUT2D eigenvalue weighted by Crippen LogP contribution is 2.21. The van der Waals surface area contributed by atoms with Gasteiger partial charge in [0.1, 0.15) is 5.82 Å². The number of nitrogens with one attached hydrogen (secondary N) is 2. The zero-order chi connectivity index (χ0) is 22.2. The van der Waals surface area contributed by atoms with Crippen molar-refractivity contribution in [3.8, 4) is 0 Å². The lowest BCUT2D eigenvalue weighted by atomic mass is 10.1. The predicted octanol–water partition coefficient (Wildman–Crippen LogP) is 3.89. The van der Waals surface area contributed by atoms with Crippen LogP contribution in [0.5, 0.6) is 0 Å². The topological polar surface area (TPSA) is 60.0 Å². The minimum atomic E-state index is -0.189. The number of hydrogen-bond donors (Lipinski definition) is 2. The second-order valence-corrected chi connectivity index (χ2v) is 8.03. The Morgan fingerprint density at radius 1 is 1.12 bits per heavy atom. The molecule has 0 unspecified atom stereocenters. The molecule has 32 heavy (non-hydrogen) atoms. The quantitative estimate of drug-likeness (QED) is 0.296. The molecule has 0 radical (unpaired) electrons. The first kappa shape index (κ1) is 26.1. The summed E-state index contributed by atoms with van der Waals surface area (Å²) in [5.41, 5.74) is 3.70. The number of anilines is 1. The summed E-state index contributed by atoms with van der Waals surface area (Å²) in [6.45, 7) is 5.21. The molecule has 0 aromatic heterocycles. The molecule has 1 amide bonds. The predicted molar refractivity (Wildman–Crippen MR) is 139 cm³/mol. The number of amides is 1. The molecule has 2 N–H and O–H groups in total. The highest BCUT2D eigenvalue weighted by Gasteiger charge is 2.21. The third-order valence-electron chi connectivity index (χ3n) is 5.14. The zero-order valence-corrected chi connectivity index (χ0v) is 21.4. The molecule has 0 aliphatic carbocycles. The largest absolute Gasteiger partial charge is 0.357 e. The fraction of sp³-hybridized carbons (Fsp3) is 0.417. The van der Waals surface area contributed by atoms with Gasteiger partial charge in [-0.25, -0.2) is 9.38 Å². The minimum absolute atomic E-state index is 0.